The number of ether oxygens (including phenoxy) is 1. The molecule has 4 aromatic rings. The number of piperidine rings is 1. The van der Waals surface area contributed by atoms with Crippen molar-refractivity contribution in [2.45, 2.75) is 62.7 Å². The average molecular weight is 551 g/mol. The summed E-state index contributed by atoms with van der Waals surface area (Å²) in [5.41, 5.74) is 4.74. The quantitative estimate of drug-likeness (QED) is 0.336. The Morgan fingerprint density at radius 3 is 2.52 bits per heavy atom. The first-order chi connectivity index (χ1) is 19.2. The lowest BCUT2D eigenvalue weighted by molar-refractivity contribution is -0.140. The van der Waals surface area contributed by atoms with Crippen LogP contribution in [0.3, 0.4) is 0 Å². The Labute approximate surface area is 229 Å². The fourth-order valence-corrected chi connectivity index (χ4v) is 6.45. The van der Waals surface area contributed by atoms with Crippen LogP contribution in [0.1, 0.15) is 66.7 Å². The van der Waals surface area contributed by atoms with Crippen molar-refractivity contribution in [3.05, 3.63) is 53.5 Å². The van der Waals surface area contributed by atoms with E-state index in [1.54, 1.807) is 32.7 Å². The molecular formula is C28H29F3N8O. The molecule has 9 nitrogen and oxygen atoms in total. The molecule has 0 radical (unpaired) electrons. The third kappa shape index (κ3) is 3.95. The van der Waals surface area contributed by atoms with E-state index in [1.807, 2.05) is 17.8 Å². The van der Waals surface area contributed by atoms with Gasteiger partial charge < -0.3 is 14.2 Å². The normalized spacial score (nSPS) is 20.5. The van der Waals surface area contributed by atoms with Crippen molar-refractivity contribution >= 4 is 5.82 Å². The molecule has 2 bridgehead atoms. The molecular weight excluding hydrogens is 521 g/mol. The summed E-state index contributed by atoms with van der Waals surface area (Å²) in [5.74, 6) is 1.95. The minimum atomic E-state index is -4.50. The van der Waals surface area contributed by atoms with Gasteiger partial charge in [0, 0.05) is 61.7 Å². The van der Waals surface area contributed by atoms with Crippen molar-refractivity contribution in [1.82, 2.24) is 34.3 Å². The lowest BCUT2D eigenvalue weighted by atomic mass is 9.81. The van der Waals surface area contributed by atoms with Gasteiger partial charge in [-0.15, -0.1) is 0 Å². The highest BCUT2D eigenvalue weighted by molar-refractivity contribution is 5.74. The summed E-state index contributed by atoms with van der Waals surface area (Å²) in [5, 5.41) is 5.02. The largest absolute Gasteiger partial charge is 0.480 e. The first-order valence-electron chi connectivity index (χ1n) is 13.5. The van der Waals surface area contributed by atoms with Gasteiger partial charge in [0.2, 0.25) is 5.88 Å². The number of methoxy groups -OCH3 is 1. The molecule has 2 aliphatic heterocycles. The average Bonchev–Trinajstić information content (AvgIpc) is 3.63. The third-order valence-electron chi connectivity index (χ3n) is 8.39. The van der Waals surface area contributed by atoms with E-state index >= 15 is 0 Å². The van der Waals surface area contributed by atoms with E-state index in [-0.39, 0.29) is 17.9 Å². The van der Waals surface area contributed by atoms with E-state index in [0.717, 1.165) is 67.5 Å². The molecule has 2 fully saturated rings. The molecule has 1 saturated carbocycles. The van der Waals surface area contributed by atoms with Crippen molar-refractivity contribution < 1.29 is 17.9 Å². The number of halogens is 3. The van der Waals surface area contributed by atoms with E-state index in [4.69, 9.17) is 14.8 Å². The topological polar surface area (TPSA) is 86.8 Å². The van der Waals surface area contributed by atoms with E-state index in [0.29, 0.717) is 17.4 Å². The van der Waals surface area contributed by atoms with Gasteiger partial charge in [-0.05, 0) is 44.2 Å². The van der Waals surface area contributed by atoms with Crippen LogP contribution in [0.4, 0.5) is 19.0 Å². The van der Waals surface area contributed by atoms with Gasteiger partial charge in [0.25, 0.3) is 0 Å². The molecule has 7 rings (SSSR count). The number of rotatable bonds is 5. The van der Waals surface area contributed by atoms with Crippen LogP contribution in [-0.4, -0.2) is 47.4 Å². The van der Waals surface area contributed by atoms with Crippen LogP contribution in [0.2, 0.25) is 0 Å². The number of nitrogens with zero attached hydrogens (tertiary/aromatic N) is 8. The second-order valence-corrected chi connectivity index (χ2v) is 10.9. The van der Waals surface area contributed by atoms with Crippen LogP contribution in [0, 0.1) is 0 Å². The number of fused-ring (bicyclic) bond motifs is 4. The Bertz CT molecular complexity index is 1590. The molecule has 40 heavy (non-hydrogen) atoms. The fraction of sp³-hybridized carbons (Fsp3) is 0.464. The standard InChI is InChI=1S/C28H29F3N8O/c1-37-13-20(28(29,30)31)35-26(37)16-9-10-21(32-12-16)39-17-5-4-6-18(39)22-19(11-17)38(2)36-25(22)23-24(15-7-8-15)33-14-34-27(23)40-3/h9-10,12-15,17-18H,4-8,11H2,1-3H3. The molecule has 2 atom stereocenters. The molecule has 2 unspecified atom stereocenters. The van der Waals surface area contributed by atoms with Crippen molar-refractivity contribution in [2.75, 3.05) is 12.0 Å². The highest BCUT2D eigenvalue weighted by Gasteiger charge is 2.43. The molecule has 208 valence electrons. The summed E-state index contributed by atoms with van der Waals surface area (Å²) in [6.07, 6.45) is 5.75. The van der Waals surface area contributed by atoms with Crippen molar-refractivity contribution in [1.29, 1.82) is 0 Å². The second-order valence-electron chi connectivity index (χ2n) is 10.9. The molecule has 0 aromatic carbocycles. The van der Waals surface area contributed by atoms with E-state index < -0.39 is 11.9 Å². The van der Waals surface area contributed by atoms with Crippen LogP contribution in [0.5, 0.6) is 5.88 Å². The maximum absolute atomic E-state index is 13.2. The van der Waals surface area contributed by atoms with Crippen LogP contribution in [0.15, 0.2) is 30.9 Å². The maximum Gasteiger partial charge on any atom is 0.434 e. The van der Waals surface area contributed by atoms with Gasteiger partial charge in [-0.3, -0.25) is 4.68 Å². The number of aromatic nitrogens is 7. The van der Waals surface area contributed by atoms with E-state index in [9.17, 15) is 13.2 Å². The van der Waals surface area contributed by atoms with Crippen LogP contribution < -0.4 is 9.64 Å². The Morgan fingerprint density at radius 1 is 1.02 bits per heavy atom. The van der Waals surface area contributed by atoms with Gasteiger partial charge in [0.15, 0.2) is 5.69 Å². The van der Waals surface area contributed by atoms with Crippen molar-refractivity contribution in [3.63, 3.8) is 0 Å². The first kappa shape index (κ1) is 25.0. The molecule has 1 saturated heterocycles. The summed E-state index contributed by atoms with van der Waals surface area (Å²) >= 11 is 0. The number of hydrogen-bond donors (Lipinski definition) is 0. The number of pyridine rings is 1. The number of aryl methyl sites for hydroxylation is 2. The summed E-state index contributed by atoms with van der Waals surface area (Å²) in [6, 6.07) is 3.99. The molecule has 0 amide bonds. The van der Waals surface area contributed by atoms with Gasteiger partial charge in [-0.1, -0.05) is 0 Å². The monoisotopic (exact) mass is 550 g/mol. The minimum absolute atomic E-state index is 0.0477. The zero-order chi connectivity index (χ0) is 27.8. The fourth-order valence-electron chi connectivity index (χ4n) is 6.45. The molecule has 12 heteroatoms. The van der Waals surface area contributed by atoms with Crippen LogP contribution in [0.25, 0.3) is 22.6 Å². The summed E-state index contributed by atoms with van der Waals surface area (Å²) < 4.78 is 48.7. The lowest BCUT2D eigenvalue weighted by Crippen LogP contribution is -2.47. The zero-order valence-corrected chi connectivity index (χ0v) is 22.5. The molecule has 1 aliphatic carbocycles. The predicted molar refractivity (Wildman–Crippen MR) is 141 cm³/mol. The summed E-state index contributed by atoms with van der Waals surface area (Å²) in [6.45, 7) is 0. The lowest BCUT2D eigenvalue weighted by Gasteiger charge is -2.47. The van der Waals surface area contributed by atoms with E-state index in [2.05, 4.69) is 19.9 Å². The van der Waals surface area contributed by atoms with Crippen molar-refractivity contribution in [2.24, 2.45) is 14.1 Å². The smallest absolute Gasteiger partial charge is 0.434 e. The number of imidazole rings is 1. The molecule has 0 N–H and O–H groups in total. The molecule has 6 heterocycles. The zero-order valence-electron chi connectivity index (χ0n) is 22.5. The maximum atomic E-state index is 13.2. The Balaban J connectivity index is 1.29. The van der Waals surface area contributed by atoms with Crippen LogP contribution in [-0.2, 0) is 26.7 Å². The first-order valence-corrected chi connectivity index (χ1v) is 13.5. The highest BCUT2D eigenvalue weighted by atomic mass is 19.4. The highest BCUT2D eigenvalue weighted by Crippen LogP contribution is 2.51. The molecule has 4 aromatic heterocycles. The number of alkyl halides is 3. The van der Waals surface area contributed by atoms with Gasteiger partial charge in [0.05, 0.1) is 24.4 Å². The second kappa shape index (κ2) is 9.03. The SMILES string of the molecule is COc1ncnc(C2CC2)c1-c1nn(C)c2c1C1CCCC(C2)N1c1ccc(-c2nc(C(F)(F)F)cn2C)cn1. The number of hydrogen-bond acceptors (Lipinski definition) is 7. The van der Waals surface area contributed by atoms with Gasteiger partial charge >= 0.3 is 6.18 Å². The Kier molecular flexibility index (Phi) is 5.65. The Morgan fingerprint density at radius 2 is 1.85 bits per heavy atom. The van der Waals surface area contributed by atoms with Crippen molar-refractivity contribution in [3.8, 4) is 28.5 Å². The summed E-state index contributed by atoms with van der Waals surface area (Å²) in [7, 11) is 5.19. The molecule has 3 aliphatic rings. The minimum Gasteiger partial charge on any atom is -0.480 e. The van der Waals surface area contributed by atoms with E-state index in [1.165, 1.54) is 15.8 Å². The van der Waals surface area contributed by atoms with Gasteiger partial charge in [-0.2, -0.15) is 18.3 Å². The third-order valence-corrected chi connectivity index (χ3v) is 8.39. The van der Waals surface area contributed by atoms with Gasteiger partial charge in [0.1, 0.15) is 23.7 Å². The van der Waals surface area contributed by atoms with Crippen LogP contribution >= 0.6 is 0 Å². The van der Waals surface area contributed by atoms with Gasteiger partial charge in [-0.25, -0.2) is 19.9 Å². The summed E-state index contributed by atoms with van der Waals surface area (Å²) in [4.78, 5) is 20.0. The number of anilines is 1. The predicted octanol–water partition coefficient (Wildman–Crippen LogP) is 5.23. The Hall–Kier alpha value is -3.96. The molecule has 0 spiro atoms.